The molecule has 2 aromatic heterocycles. The van der Waals surface area contributed by atoms with Gasteiger partial charge in [0.25, 0.3) is 5.91 Å². The molecule has 6 aliphatic heterocycles. The average Bonchev–Trinajstić information content (AvgIpc) is 4.16. The van der Waals surface area contributed by atoms with E-state index in [0.29, 0.717) is 123 Å². The van der Waals surface area contributed by atoms with Crippen molar-refractivity contribution >= 4 is 50.9 Å². The number of alkyl halides is 1. The maximum atomic E-state index is 17.2. The molecule has 0 bridgehead atoms. The standard InChI is InChI=1S/C59H70F3N9O6/c1-3-42-46(60)8-5-38-28-41(72)29-44(49(38)42)51-50(61)52-45(30-63-51)53(70-20-4-15-57(2,76)32-70)66-56(65-52)77-35-58(16-17-58)33-68-25-18-59(62,19-26-68)34-67-21-11-36(12-22-67)37-13-23-69(24-14-37)40-6-7-43-39(27-40)31-71(55(43)75)47-9-10-48(73)64-54(47)74/h5-8,27-30,36-37,47,72,76H,3-4,9-26,31-35H2,1-2H3,(H,64,73,74)/t47-,57+/m0/s1. The van der Waals surface area contributed by atoms with Gasteiger partial charge in [-0.2, -0.15) is 9.97 Å². The maximum Gasteiger partial charge on any atom is 0.319 e. The Morgan fingerprint density at radius 3 is 2.27 bits per heavy atom. The highest BCUT2D eigenvalue weighted by Gasteiger charge is 2.47. The summed E-state index contributed by atoms with van der Waals surface area (Å²) >= 11 is 0. The Morgan fingerprint density at radius 2 is 1.56 bits per heavy atom. The summed E-state index contributed by atoms with van der Waals surface area (Å²) in [5.74, 6) is -0.464. The van der Waals surface area contributed by atoms with E-state index >= 15 is 13.2 Å². The number of ether oxygens (including phenoxy) is 1. The lowest BCUT2D eigenvalue weighted by molar-refractivity contribution is -0.136. The van der Waals surface area contributed by atoms with Gasteiger partial charge in [-0.1, -0.05) is 13.0 Å². The summed E-state index contributed by atoms with van der Waals surface area (Å²) in [6.07, 6.45) is 10.9. The maximum absolute atomic E-state index is 17.2. The first-order valence-corrected chi connectivity index (χ1v) is 28.1. The van der Waals surface area contributed by atoms with E-state index in [9.17, 15) is 24.6 Å². The lowest BCUT2D eigenvalue weighted by atomic mass is 9.78. The normalized spacial score (nSPS) is 24.5. The first kappa shape index (κ1) is 51.6. The minimum Gasteiger partial charge on any atom is -0.508 e. The first-order chi connectivity index (χ1) is 37.0. The number of likely N-dealkylation sites (tertiary alicyclic amines) is 2. The Hall–Kier alpha value is -6.11. The number of nitrogens with one attached hydrogen (secondary N) is 1. The monoisotopic (exact) mass is 1060 g/mol. The number of carbonyl (C=O) groups is 3. The number of hydrogen-bond acceptors (Lipinski definition) is 13. The Morgan fingerprint density at radius 1 is 0.818 bits per heavy atom. The second kappa shape index (κ2) is 20.3. The van der Waals surface area contributed by atoms with Crippen LogP contribution in [0.2, 0.25) is 0 Å². The van der Waals surface area contributed by atoms with Crippen LogP contribution < -0.4 is 19.9 Å². The Bertz CT molecular complexity index is 3130. The number of anilines is 2. The number of fused-ring (bicyclic) bond motifs is 3. The lowest BCUT2D eigenvalue weighted by Crippen LogP contribution is -2.52. The van der Waals surface area contributed by atoms with Crippen molar-refractivity contribution in [2.24, 2.45) is 17.3 Å². The van der Waals surface area contributed by atoms with Gasteiger partial charge in [-0.15, -0.1) is 0 Å². The summed E-state index contributed by atoms with van der Waals surface area (Å²) in [5.41, 5.74) is 0.798. The van der Waals surface area contributed by atoms with Gasteiger partial charge < -0.3 is 39.4 Å². The number of aliphatic hydroxyl groups is 1. The second-order valence-electron chi connectivity index (χ2n) is 23.9. The molecule has 1 aliphatic carbocycles. The number of β-amino-alcohol motifs (C(OH)–C–C–N with tert-alkyl or cyclic N) is 1. The predicted octanol–water partition coefficient (Wildman–Crippen LogP) is 8.10. The third kappa shape index (κ3) is 10.3. The Kier molecular flexibility index (Phi) is 13.6. The zero-order valence-electron chi connectivity index (χ0n) is 44.3. The number of pyridine rings is 1. The van der Waals surface area contributed by atoms with Gasteiger partial charge in [0, 0.05) is 93.7 Å². The number of aryl methyl sites for hydroxylation is 1. The molecule has 408 valence electrons. The van der Waals surface area contributed by atoms with Gasteiger partial charge in [0.15, 0.2) is 5.82 Å². The minimum atomic E-state index is -1.25. The van der Waals surface area contributed by atoms with Gasteiger partial charge in [0.1, 0.15) is 40.3 Å². The van der Waals surface area contributed by atoms with Crippen LogP contribution in [0, 0.1) is 28.9 Å². The van der Waals surface area contributed by atoms with E-state index in [4.69, 9.17) is 9.72 Å². The summed E-state index contributed by atoms with van der Waals surface area (Å²) in [6, 6.07) is 11.3. The number of hydrogen-bond donors (Lipinski definition) is 3. The number of halogens is 3. The van der Waals surface area contributed by atoms with E-state index < -0.39 is 34.9 Å². The summed E-state index contributed by atoms with van der Waals surface area (Å²) in [4.78, 5) is 62.2. The predicted molar refractivity (Wildman–Crippen MR) is 287 cm³/mol. The van der Waals surface area contributed by atoms with Crippen LogP contribution >= 0.6 is 0 Å². The van der Waals surface area contributed by atoms with Crippen molar-refractivity contribution in [3.8, 4) is 23.0 Å². The number of phenols is 1. The molecule has 0 radical (unpaired) electrons. The van der Waals surface area contributed by atoms with Crippen molar-refractivity contribution in [2.45, 2.75) is 121 Å². The van der Waals surface area contributed by atoms with E-state index in [0.717, 1.165) is 82.5 Å². The Labute approximate surface area is 447 Å². The van der Waals surface area contributed by atoms with Crippen molar-refractivity contribution in [1.29, 1.82) is 0 Å². The van der Waals surface area contributed by atoms with Gasteiger partial charge >= 0.3 is 6.01 Å². The summed E-state index contributed by atoms with van der Waals surface area (Å²) in [5, 5.41) is 25.6. The molecule has 6 fully saturated rings. The molecule has 5 aromatic rings. The van der Waals surface area contributed by atoms with E-state index in [2.05, 4.69) is 36.1 Å². The number of aromatic nitrogens is 3. The fourth-order valence-corrected chi connectivity index (χ4v) is 13.8. The fourth-order valence-electron chi connectivity index (χ4n) is 13.8. The van der Waals surface area contributed by atoms with Crippen LogP contribution in [0.3, 0.4) is 0 Å². The van der Waals surface area contributed by atoms with Crippen LogP contribution in [0.1, 0.15) is 112 Å². The molecule has 5 saturated heterocycles. The molecule has 3 amide bonds. The highest BCUT2D eigenvalue weighted by Crippen LogP contribution is 2.48. The number of nitrogens with zero attached hydrogens (tertiary/aromatic N) is 8. The number of rotatable bonds is 13. The largest absolute Gasteiger partial charge is 0.508 e. The van der Waals surface area contributed by atoms with Crippen LogP contribution in [0.25, 0.3) is 32.9 Å². The zero-order chi connectivity index (χ0) is 53.4. The SMILES string of the molecule is CCc1c(F)ccc2cc(O)cc(-c3ncc4c(N5CCC[C@@](C)(O)C5)nc(OCC5(CN6CCC(F)(CN7CCC(C8CCN(c9ccc%10c(c9)CN([C@H]9CCC(=O)NC9=O)C%10=O)CC8)CC7)CC6)CC5)nc4c3F)c12. The highest BCUT2D eigenvalue weighted by atomic mass is 19.1. The number of phenolic OH excluding ortho intramolecular Hbond substituents is 1. The van der Waals surface area contributed by atoms with Crippen molar-refractivity contribution in [3.63, 3.8) is 0 Å². The fraction of sp³-hybridized carbons (Fsp3) is 0.559. The summed E-state index contributed by atoms with van der Waals surface area (Å²) in [7, 11) is 0. The minimum absolute atomic E-state index is 0.00849. The molecule has 18 heteroatoms. The molecule has 1 saturated carbocycles. The van der Waals surface area contributed by atoms with Gasteiger partial charge in [0.2, 0.25) is 11.8 Å². The number of imide groups is 1. The third-order valence-electron chi connectivity index (χ3n) is 18.4. The first-order valence-electron chi connectivity index (χ1n) is 28.1. The second-order valence-corrected chi connectivity index (χ2v) is 23.9. The van der Waals surface area contributed by atoms with Gasteiger partial charge in [-0.25, -0.2) is 13.2 Å². The molecule has 3 N–H and O–H groups in total. The van der Waals surface area contributed by atoms with Gasteiger partial charge in [0.05, 0.1) is 17.6 Å². The number of benzene rings is 3. The number of aromatic hydroxyl groups is 1. The smallest absolute Gasteiger partial charge is 0.319 e. The van der Waals surface area contributed by atoms with Crippen molar-refractivity contribution in [3.05, 3.63) is 77.0 Å². The molecule has 3 aromatic carbocycles. The lowest BCUT2D eigenvalue weighted by Gasteiger charge is -2.44. The summed E-state index contributed by atoms with van der Waals surface area (Å²) in [6.45, 7) is 11.4. The topological polar surface area (TPSA) is 168 Å². The molecule has 15 nitrogen and oxygen atoms in total. The molecule has 8 heterocycles. The molecular formula is C59H70F3N9O6. The summed E-state index contributed by atoms with van der Waals surface area (Å²) < 4.78 is 55.5. The van der Waals surface area contributed by atoms with Crippen LogP contribution in [0.15, 0.2) is 48.7 Å². The van der Waals surface area contributed by atoms with E-state index in [1.807, 2.05) is 24.0 Å². The molecule has 2 atom stereocenters. The van der Waals surface area contributed by atoms with Gasteiger partial charge in [-0.05, 0) is 167 Å². The van der Waals surface area contributed by atoms with Crippen LogP contribution in [-0.4, -0.2) is 147 Å². The molecule has 77 heavy (non-hydrogen) atoms. The zero-order valence-corrected chi connectivity index (χ0v) is 44.3. The molecule has 12 rings (SSSR count). The Balaban J connectivity index is 0.645. The van der Waals surface area contributed by atoms with Crippen LogP contribution in [0.4, 0.5) is 24.7 Å². The van der Waals surface area contributed by atoms with Crippen LogP contribution in [0.5, 0.6) is 11.8 Å². The molecule has 7 aliphatic rings. The van der Waals surface area contributed by atoms with E-state index in [1.165, 1.54) is 24.4 Å². The molecule has 0 unspecified atom stereocenters. The quantitative estimate of drug-likeness (QED) is 0.0970. The highest BCUT2D eigenvalue weighted by molar-refractivity contribution is 6.06. The van der Waals surface area contributed by atoms with Crippen LogP contribution in [-0.2, 0) is 22.6 Å². The van der Waals surface area contributed by atoms with E-state index in [-0.39, 0.29) is 58.7 Å². The van der Waals surface area contributed by atoms with Crippen molar-refractivity contribution in [1.82, 2.24) is 35.0 Å². The molecular weight excluding hydrogens is 988 g/mol. The number of piperidine rings is 5. The average molecular weight is 1060 g/mol. The van der Waals surface area contributed by atoms with Gasteiger partial charge in [-0.3, -0.25) is 24.7 Å². The number of amides is 3. The van der Waals surface area contributed by atoms with Crippen molar-refractivity contribution in [2.75, 3.05) is 81.9 Å². The van der Waals surface area contributed by atoms with Crippen molar-refractivity contribution < 1.29 is 42.5 Å². The van der Waals surface area contributed by atoms with E-state index in [1.54, 1.807) is 17.9 Å². The molecule has 0 spiro atoms. The number of carbonyl (C=O) groups excluding carboxylic acids is 3. The third-order valence-corrected chi connectivity index (χ3v) is 18.4.